The van der Waals surface area contributed by atoms with Gasteiger partial charge in [0.15, 0.2) is 5.69 Å². The van der Waals surface area contributed by atoms with Gasteiger partial charge in [-0.1, -0.05) is 6.07 Å². The van der Waals surface area contributed by atoms with Gasteiger partial charge in [-0.3, -0.25) is 9.48 Å². The van der Waals surface area contributed by atoms with E-state index < -0.39 is 11.7 Å². The van der Waals surface area contributed by atoms with E-state index in [9.17, 15) is 9.18 Å². The minimum Gasteiger partial charge on any atom is -0.396 e. The number of nitrogen functional groups attached to an aromatic ring is 1. The highest BCUT2D eigenvalue weighted by Gasteiger charge is 2.16. The third-order valence-electron chi connectivity index (χ3n) is 2.70. The molecule has 0 unspecified atom stereocenters. The smallest absolute Gasteiger partial charge is 0.278 e. The molecule has 0 fully saturated rings. The SMILES string of the molecule is CCn1cc(N)c(C(=O)Nc2ccc(C)cc2F)n1. The molecule has 6 heteroatoms. The lowest BCUT2D eigenvalue weighted by Crippen LogP contribution is -2.15. The van der Waals surface area contributed by atoms with Crippen molar-refractivity contribution in [3.05, 3.63) is 41.5 Å². The largest absolute Gasteiger partial charge is 0.396 e. The quantitative estimate of drug-likeness (QED) is 0.890. The Morgan fingerprint density at radius 1 is 1.53 bits per heavy atom. The summed E-state index contributed by atoms with van der Waals surface area (Å²) in [5.41, 5.74) is 6.96. The first kappa shape index (κ1) is 13.1. The van der Waals surface area contributed by atoms with Crippen molar-refractivity contribution in [3.63, 3.8) is 0 Å². The lowest BCUT2D eigenvalue weighted by Gasteiger charge is -2.05. The number of benzene rings is 1. The first-order valence-corrected chi connectivity index (χ1v) is 5.91. The summed E-state index contributed by atoms with van der Waals surface area (Å²) in [6, 6.07) is 4.58. The zero-order valence-electron chi connectivity index (χ0n) is 10.8. The van der Waals surface area contributed by atoms with Crippen LogP contribution in [0, 0.1) is 12.7 Å². The van der Waals surface area contributed by atoms with Gasteiger partial charge in [-0.15, -0.1) is 0 Å². The van der Waals surface area contributed by atoms with Gasteiger partial charge in [0.1, 0.15) is 5.82 Å². The average molecular weight is 262 g/mol. The molecule has 19 heavy (non-hydrogen) atoms. The van der Waals surface area contributed by atoms with Gasteiger partial charge in [-0.05, 0) is 31.5 Å². The number of hydrogen-bond acceptors (Lipinski definition) is 3. The fraction of sp³-hybridized carbons (Fsp3) is 0.231. The van der Waals surface area contributed by atoms with Gasteiger partial charge in [0, 0.05) is 12.7 Å². The maximum atomic E-state index is 13.6. The van der Waals surface area contributed by atoms with Crippen molar-refractivity contribution in [2.24, 2.45) is 0 Å². The Hall–Kier alpha value is -2.37. The molecule has 0 saturated carbocycles. The van der Waals surface area contributed by atoms with Crippen molar-refractivity contribution in [3.8, 4) is 0 Å². The molecule has 0 spiro atoms. The Kier molecular flexibility index (Phi) is 3.50. The third kappa shape index (κ3) is 2.73. The van der Waals surface area contributed by atoms with Crippen LogP contribution in [0.25, 0.3) is 0 Å². The fourth-order valence-electron chi connectivity index (χ4n) is 1.68. The second-order valence-electron chi connectivity index (χ2n) is 4.23. The van der Waals surface area contributed by atoms with E-state index in [4.69, 9.17) is 5.73 Å². The monoisotopic (exact) mass is 262 g/mol. The number of aryl methyl sites for hydroxylation is 2. The van der Waals surface area contributed by atoms with Crippen molar-refractivity contribution in [1.82, 2.24) is 9.78 Å². The molecular formula is C13H15FN4O. The van der Waals surface area contributed by atoms with Gasteiger partial charge in [0.25, 0.3) is 5.91 Å². The molecule has 2 rings (SSSR count). The maximum absolute atomic E-state index is 13.6. The summed E-state index contributed by atoms with van der Waals surface area (Å²) in [7, 11) is 0. The van der Waals surface area contributed by atoms with Crippen LogP contribution >= 0.6 is 0 Å². The average Bonchev–Trinajstić information content (AvgIpc) is 2.74. The number of halogens is 1. The van der Waals surface area contributed by atoms with Gasteiger partial charge in [0.2, 0.25) is 0 Å². The second-order valence-corrected chi connectivity index (χ2v) is 4.23. The van der Waals surface area contributed by atoms with Crippen molar-refractivity contribution >= 4 is 17.3 Å². The van der Waals surface area contributed by atoms with Crippen LogP contribution in [0.3, 0.4) is 0 Å². The van der Waals surface area contributed by atoms with Crippen molar-refractivity contribution in [1.29, 1.82) is 0 Å². The second kappa shape index (κ2) is 5.09. The molecule has 0 atom stereocenters. The van der Waals surface area contributed by atoms with E-state index in [1.165, 1.54) is 12.1 Å². The molecule has 2 aromatic rings. The summed E-state index contributed by atoms with van der Waals surface area (Å²) in [5.74, 6) is -1.01. The van der Waals surface area contributed by atoms with E-state index in [0.717, 1.165) is 5.56 Å². The van der Waals surface area contributed by atoms with Crippen LogP contribution in [-0.4, -0.2) is 15.7 Å². The molecule has 3 N–H and O–H groups in total. The van der Waals surface area contributed by atoms with E-state index in [1.54, 1.807) is 23.9 Å². The third-order valence-corrected chi connectivity index (χ3v) is 2.70. The summed E-state index contributed by atoms with van der Waals surface area (Å²) < 4.78 is 15.2. The Balaban J connectivity index is 2.23. The Bertz CT molecular complexity index is 621. The van der Waals surface area contributed by atoms with Crippen molar-refractivity contribution in [2.45, 2.75) is 20.4 Å². The fourth-order valence-corrected chi connectivity index (χ4v) is 1.68. The summed E-state index contributed by atoms with van der Waals surface area (Å²) in [5, 5.41) is 6.49. The van der Waals surface area contributed by atoms with Crippen LogP contribution < -0.4 is 11.1 Å². The highest BCUT2D eigenvalue weighted by Crippen LogP contribution is 2.17. The van der Waals surface area contributed by atoms with E-state index in [-0.39, 0.29) is 17.1 Å². The van der Waals surface area contributed by atoms with Gasteiger partial charge in [0.05, 0.1) is 11.4 Å². The molecule has 0 radical (unpaired) electrons. The van der Waals surface area contributed by atoms with E-state index in [0.29, 0.717) is 6.54 Å². The van der Waals surface area contributed by atoms with E-state index >= 15 is 0 Å². The molecule has 0 aliphatic carbocycles. The molecular weight excluding hydrogens is 247 g/mol. The van der Waals surface area contributed by atoms with E-state index in [2.05, 4.69) is 10.4 Å². The number of anilines is 2. The van der Waals surface area contributed by atoms with Crippen LogP contribution in [0.2, 0.25) is 0 Å². The number of carbonyl (C=O) groups excluding carboxylic acids is 1. The van der Waals surface area contributed by atoms with Gasteiger partial charge < -0.3 is 11.1 Å². The standard InChI is InChI=1S/C13H15FN4O/c1-3-18-7-10(15)12(17-18)13(19)16-11-5-4-8(2)6-9(11)14/h4-7H,3,15H2,1-2H3,(H,16,19). The topological polar surface area (TPSA) is 72.9 Å². The van der Waals surface area contributed by atoms with E-state index in [1.807, 2.05) is 6.92 Å². The molecule has 0 saturated heterocycles. The molecule has 0 aliphatic heterocycles. The number of nitrogens with zero attached hydrogens (tertiary/aromatic N) is 2. The van der Waals surface area contributed by atoms with Gasteiger partial charge in [-0.2, -0.15) is 5.10 Å². The molecule has 5 nitrogen and oxygen atoms in total. The minimum absolute atomic E-state index is 0.0989. The van der Waals surface area contributed by atoms with Crippen LogP contribution in [0.5, 0.6) is 0 Å². The first-order valence-electron chi connectivity index (χ1n) is 5.91. The van der Waals surface area contributed by atoms with Crippen LogP contribution in [0.4, 0.5) is 15.8 Å². The minimum atomic E-state index is -0.521. The molecule has 1 aromatic carbocycles. The van der Waals surface area contributed by atoms with Gasteiger partial charge in [-0.25, -0.2) is 4.39 Å². The van der Waals surface area contributed by atoms with Crippen molar-refractivity contribution < 1.29 is 9.18 Å². The summed E-state index contributed by atoms with van der Waals surface area (Å²) in [4.78, 5) is 12.0. The molecule has 0 bridgehead atoms. The molecule has 1 amide bonds. The van der Waals surface area contributed by atoms with Crippen LogP contribution in [0.1, 0.15) is 23.0 Å². The molecule has 1 heterocycles. The maximum Gasteiger partial charge on any atom is 0.278 e. The highest BCUT2D eigenvalue weighted by molar-refractivity contribution is 6.06. The normalized spacial score (nSPS) is 10.5. The molecule has 0 aliphatic rings. The van der Waals surface area contributed by atoms with Crippen molar-refractivity contribution in [2.75, 3.05) is 11.1 Å². The first-order chi connectivity index (χ1) is 9.01. The Morgan fingerprint density at radius 3 is 2.84 bits per heavy atom. The van der Waals surface area contributed by atoms with Crippen LogP contribution in [0.15, 0.2) is 24.4 Å². The molecule has 1 aromatic heterocycles. The lowest BCUT2D eigenvalue weighted by atomic mass is 10.2. The summed E-state index contributed by atoms with van der Waals surface area (Å²) in [6.45, 7) is 4.26. The van der Waals surface area contributed by atoms with Crippen LogP contribution in [-0.2, 0) is 6.54 Å². The van der Waals surface area contributed by atoms with Gasteiger partial charge >= 0.3 is 0 Å². The number of hydrogen-bond donors (Lipinski definition) is 2. The highest BCUT2D eigenvalue weighted by atomic mass is 19.1. The number of rotatable bonds is 3. The lowest BCUT2D eigenvalue weighted by molar-refractivity contribution is 0.102. The summed E-state index contributed by atoms with van der Waals surface area (Å²) >= 11 is 0. The molecule has 100 valence electrons. The zero-order chi connectivity index (χ0) is 14.0. The number of nitrogens with one attached hydrogen (secondary N) is 1. The summed E-state index contributed by atoms with van der Waals surface area (Å²) in [6.07, 6.45) is 1.57. The predicted octanol–water partition coefficient (Wildman–Crippen LogP) is 2.19. The predicted molar refractivity (Wildman–Crippen MR) is 71.4 cm³/mol. The zero-order valence-corrected chi connectivity index (χ0v) is 10.8. The Morgan fingerprint density at radius 2 is 2.26 bits per heavy atom. The number of amides is 1. The Labute approximate surface area is 110 Å². The number of carbonyl (C=O) groups is 1. The number of aromatic nitrogens is 2. The number of nitrogens with two attached hydrogens (primary N) is 1.